The Morgan fingerprint density at radius 3 is 3.33 bits per heavy atom. The van der Waals surface area contributed by atoms with Crippen molar-refractivity contribution in [3.63, 3.8) is 0 Å². The van der Waals surface area contributed by atoms with Gasteiger partial charge in [0.1, 0.15) is 5.82 Å². The smallest absolute Gasteiger partial charge is 0.225 e. The molecule has 2 N–H and O–H groups in total. The van der Waals surface area contributed by atoms with Gasteiger partial charge in [-0.05, 0) is 43.3 Å². The van der Waals surface area contributed by atoms with Gasteiger partial charge >= 0.3 is 0 Å². The van der Waals surface area contributed by atoms with Gasteiger partial charge in [0.05, 0.1) is 6.04 Å². The second kappa shape index (κ2) is 5.81. The Bertz CT molecular complexity index is 536. The number of hydrogen-bond acceptors (Lipinski definition) is 7. The molecule has 2 saturated heterocycles. The molecule has 3 atom stereocenters. The van der Waals surface area contributed by atoms with Crippen molar-refractivity contribution in [1.29, 1.82) is 0 Å². The molecule has 0 amide bonds. The van der Waals surface area contributed by atoms with Crippen molar-refractivity contribution >= 4 is 29.9 Å². The Kier molecular flexibility index (Phi) is 3.69. The van der Waals surface area contributed by atoms with E-state index in [-0.39, 0.29) is 6.04 Å². The van der Waals surface area contributed by atoms with E-state index in [0.717, 1.165) is 30.6 Å². The summed E-state index contributed by atoms with van der Waals surface area (Å²) in [6, 6.07) is 2.87. The molecule has 112 valence electrons. The lowest BCUT2D eigenvalue weighted by Crippen LogP contribution is -2.39. The van der Waals surface area contributed by atoms with Gasteiger partial charge in [0.25, 0.3) is 0 Å². The molecule has 2 fully saturated rings. The molecule has 2 unspecified atom stereocenters. The maximum Gasteiger partial charge on any atom is 0.225 e. The zero-order chi connectivity index (χ0) is 14.1. The van der Waals surface area contributed by atoms with Gasteiger partial charge in [-0.2, -0.15) is 4.98 Å². The zero-order valence-electron chi connectivity index (χ0n) is 11.9. The molecular formula is C14H20N6S. The monoisotopic (exact) mass is 304 g/mol. The Balaban J connectivity index is 1.48. The summed E-state index contributed by atoms with van der Waals surface area (Å²) in [6.07, 6.45) is 6.33. The lowest BCUT2D eigenvalue weighted by molar-refractivity contribution is 0.538. The predicted molar refractivity (Wildman–Crippen MR) is 87.1 cm³/mol. The van der Waals surface area contributed by atoms with Gasteiger partial charge < -0.3 is 15.5 Å². The van der Waals surface area contributed by atoms with Crippen LogP contribution >= 0.6 is 11.9 Å². The first-order valence-corrected chi connectivity index (χ1v) is 8.54. The number of fused-ring (bicyclic) bond motifs is 2. The summed E-state index contributed by atoms with van der Waals surface area (Å²) in [5.41, 5.74) is 0. The van der Waals surface area contributed by atoms with Crippen LogP contribution in [0.5, 0.6) is 0 Å². The van der Waals surface area contributed by atoms with E-state index in [1.165, 1.54) is 19.4 Å². The summed E-state index contributed by atoms with van der Waals surface area (Å²) in [5.74, 6) is 3.52. The molecule has 4 rings (SSSR count). The molecule has 1 aromatic rings. The molecule has 0 spiro atoms. The zero-order valence-corrected chi connectivity index (χ0v) is 12.7. The summed E-state index contributed by atoms with van der Waals surface area (Å²) in [7, 11) is 0. The number of hydrogen-bond donors (Lipinski definition) is 2. The van der Waals surface area contributed by atoms with Crippen molar-refractivity contribution in [1.82, 2.24) is 15.3 Å². The first-order valence-electron chi connectivity index (χ1n) is 7.60. The van der Waals surface area contributed by atoms with Crippen molar-refractivity contribution in [3.8, 4) is 0 Å². The first-order chi connectivity index (χ1) is 10.4. The van der Waals surface area contributed by atoms with Gasteiger partial charge in [-0.3, -0.25) is 0 Å². The molecular weight excluding hydrogens is 284 g/mol. The summed E-state index contributed by atoms with van der Waals surface area (Å²) in [4.78, 5) is 11.4. The van der Waals surface area contributed by atoms with Crippen molar-refractivity contribution in [2.24, 2.45) is 10.3 Å². The summed E-state index contributed by atoms with van der Waals surface area (Å²) in [6.45, 7) is 3.33. The average Bonchev–Trinajstić information content (AvgIpc) is 3.09. The Hall–Kier alpha value is -1.34. The van der Waals surface area contributed by atoms with Gasteiger partial charge in [-0.25, -0.2) is 9.38 Å². The number of anilines is 2. The van der Waals surface area contributed by atoms with Crippen molar-refractivity contribution in [2.75, 3.05) is 35.6 Å². The summed E-state index contributed by atoms with van der Waals surface area (Å²) in [5, 5.41) is 6.95. The van der Waals surface area contributed by atoms with Gasteiger partial charge in [-0.1, -0.05) is 0 Å². The van der Waals surface area contributed by atoms with E-state index in [1.807, 2.05) is 18.5 Å². The fourth-order valence-corrected chi connectivity index (χ4v) is 3.94. The lowest BCUT2D eigenvalue weighted by Gasteiger charge is -2.26. The van der Waals surface area contributed by atoms with Crippen LogP contribution in [0.2, 0.25) is 0 Å². The van der Waals surface area contributed by atoms with Gasteiger partial charge in [-0.15, -0.1) is 0 Å². The summed E-state index contributed by atoms with van der Waals surface area (Å²) < 4.78 is 4.17. The maximum absolute atomic E-state index is 4.69. The van der Waals surface area contributed by atoms with E-state index in [2.05, 4.69) is 24.9 Å². The molecule has 7 heteroatoms. The molecule has 0 aliphatic carbocycles. The fourth-order valence-electron chi connectivity index (χ4n) is 3.29. The predicted octanol–water partition coefficient (Wildman–Crippen LogP) is 1.18. The number of aromatic nitrogens is 2. The molecule has 3 aliphatic rings. The normalized spacial score (nSPS) is 31.4. The highest BCUT2D eigenvalue weighted by Gasteiger charge is 2.30. The van der Waals surface area contributed by atoms with E-state index in [1.54, 1.807) is 11.9 Å². The summed E-state index contributed by atoms with van der Waals surface area (Å²) >= 11 is 1.58. The second-order valence-corrected chi connectivity index (χ2v) is 6.78. The third-order valence-electron chi connectivity index (χ3n) is 4.41. The molecule has 0 radical (unpaired) electrons. The van der Waals surface area contributed by atoms with E-state index >= 15 is 0 Å². The molecule has 1 aromatic heterocycles. The first kappa shape index (κ1) is 13.3. The van der Waals surface area contributed by atoms with E-state index in [4.69, 9.17) is 4.98 Å². The van der Waals surface area contributed by atoms with Crippen molar-refractivity contribution in [2.45, 2.75) is 24.9 Å². The molecule has 21 heavy (non-hydrogen) atoms. The third-order valence-corrected chi connectivity index (χ3v) is 5.19. The highest BCUT2D eigenvalue weighted by molar-refractivity contribution is 7.98. The highest BCUT2D eigenvalue weighted by atomic mass is 32.2. The van der Waals surface area contributed by atoms with Crippen LogP contribution in [0, 0.1) is 5.92 Å². The Morgan fingerprint density at radius 2 is 2.43 bits per heavy atom. The second-order valence-electron chi connectivity index (χ2n) is 5.98. The van der Waals surface area contributed by atoms with Crippen LogP contribution in [-0.4, -0.2) is 53.7 Å². The SMILES string of the molecule is C1=NSCC1Nc1nccc(N2CCC3CN[C@H](C3)C2)n1. The molecule has 4 heterocycles. The van der Waals surface area contributed by atoms with Crippen LogP contribution in [-0.2, 0) is 0 Å². The van der Waals surface area contributed by atoms with Crippen molar-refractivity contribution < 1.29 is 0 Å². The van der Waals surface area contributed by atoms with Crippen LogP contribution in [0.25, 0.3) is 0 Å². The Labute approximate surface area is 129 Å². The van der Waals surface area contributed by atoms with Crippen molar-refractivity contribution in [3.05, 3.63) is 12.3 Å². The largest absolute Gasteiger partial charge is 0.355 e. The van der Waals surface area contributed by atoms with Gasteiger partial charge in [0, 0.05) is 37.3 Å². The van der Waals surface area contributed by atoms with E-state index in [0.29, 0.717) is 12.0 Å². The topological polar surface area (TPSA) is 65.4 Å². The minimum Gasteiger partial charge on any atom is -0.355 e. The minimum atomic E-state index is 0.243. The van der Waals surface area contributed by atoms with Crippen LogP contribution in [0.3, 0.4) is 0 Å². The molecule has 3 aliphatic heterocycles. The third kappa shape index (κ3) is 2.98. The number of nitrogens with zero attached hydrogens (tertiary/aromatic N) is 4. The minimum absolute atomic E-state index is 0.243. The number of nitrogens with one attached hydrogen (secondary N) is 2. The molecule has 0 aromatic carbocycles. The van der Waals surface area contributed by atoms with Crippen LogP contribution in [0.15, 0.2) is 16.7 Å². The van der Waals surface area contributed by atoms with Crippen LogP contribution in [0.4, 0.5) is 11.8 Å². The molecule has 2 bridgehead atoms. The maximum atomic E-state index is 4.69. The fraction of sp³-hybridized carbons (Fsp3) is 0.643. The molecule has 0 saturated carbocycles. The van der Waals surface area contributed by atoms with Gasteiger partial charge in [0.15, 0.2) is 0 Å². The average molecular weight is 304 g/mol. The quantitative estimate of drug-likeness (QED) is 0.818. The standard InChI is InChI=1S/C14H20N6S/c1-3-15-14(18-12-7-17-21-9-12)19-13(1)20-4-2-10-5-11(8-20)16-6-10/h1,3,7,10-12,16H,2,4-6,8-9H2,(H,15,18,19)/t10?,11-,12?/m1/s1. The van der Waals surface area contributed by atoms with E-state index in [9.17, 15) is 0 Å². The highest BCUT2D eigenvalue weighted by Crippen LogP contribution is 2.25. The Morgan fingerprint density at radius 1 is 1.43 bits per heavy atom. The number of rotatable bonds is 3. The van der Waals surface area contributed by atoms with Crippen LogP contribution in [0.1, 0.15) is 12.8 Å². The molecule has 6 nitrogen and oxygen atoms in total. The van der Waals surface area contributed by atoms with Crippen LogP contribution < -0.4 is 15.5 Å². The van der Waals surface area contributed by atoms with Gasteiger partial charge in [0.2, 0.25) is 5.95 Å². The lowest BCUT2D eigenvalue weighted by atomic mass is 10.0. The van der Waals surface area contributed by atoms with E-state index < -0.39 is 0 Å².